The Morgan fingerprint density at radius 3 is 2.09 bits per heavy atom. The fourth-order valence-electron chi connectivity index (χ4n) is 4.28. The molecular formula is C27H31N3O2Si. The number of benzene rings is 2. The van der Waals surface area contributed by atoms with Gasteiger partial charge < -0.3 is 14.6 Å². The van der Waals surface area contributed by atoms with Crippen LogP contribution in [0.3, 0.4) is 0 Å². The topological polar surface area (TPSA) is 69.6 Å². The Labute approximate surface area is 197 Å². The molecular weight excluding hydrogens is 426 g/mol. The highest BCUT2D eigenvalue weighted by atomic mass is 28.3. The first-order chi connectivity index (χ1) is 15.7. The van der Waals surface area contributed by atoms with Gasteiger partial charge in [0.1, 0.15) is 5.65 Å². The van der Waals surface area contributed by atoms with Gasteiger partial charge in [0.05, 0.1) is 23.9 Å². The van der Waals surface area contributed by atoms with E-state index in [1.807, 2.05) is 29.5 Å². The Kier molecular flexibility index (Phi) is 6.49. The highest BCUT2D eigenvalue weighted by molar-refractivity contribution is 6.80. The number of imidazole rings is 1. The molecule has 2 aromatic heterocycles. The Balaban J connectivity index is 1.80. The van der Waals surface area contributed by atoms with Crippen LogP contribution < -0.4 is 16.1 Å². The Hall–Kier alpha value is -3.22. The number of pyridine rings is 1. The van der Waals surface area contributed by atoms with E-state index in [4.69, 9.17) is 10.2 Å². The molecule has 2 N–H and O–H groups in total. The van der Waals surface area contributed by atoms with Gasteiger partial charge in [0.25, 0.3) is 0 Å². The number of rotatable bonds is 7. The van der Waals surface area contributed by atoms with Gasteiger partial charge >= 0.3 is 0 Å². The zero-order valence-corrected chi connectivity index (χ0v) is 20.8. The zero-order valence-electron chi connectivity index (χ0n) is 19.7. The number of hydrogen-bond acceptors (Lipinski definition) is 3. The van der Waals surface area contributed by atoms with Crippen molar-refractivity contribution in [2.45, 2.75) is 40.2 Å². The summed E-state index contributed by atoms with van der Waals surface area (Å²) in [5.74, 6) is -0.366. The molecule has 2 aromatic carbocycles. The van der Waals surface area contributed by atoms with E-state index >= 15 is 0 Å². The van der Waals surface area contributed by atoms with Crippen LogP contribution in [0.5, 0.6) is 0 Å². The summed E-state index contributed by atoms with van der Waals surface area (Å²) in [5.41, 5.74) is 8.86. The third kappa shape index (κ3) is 5.07. The summed E-state index contributed by atoms with van der Waals surface area (Å²) in [5, 5.41) is 2.49. The number of aryl methyl sites for hydroxylation is 1. The van der Waals surface area contributed by atoms with E-state index in [0.29, 0.717) is 0 Å². The zero-order chi connectivity index (χ0) is 23.6. The van der Waals surface area contributed by atoms with Crippen LogP contribution >= 0.6 is 0 Å². The number of carbonyl (C=O) groups excluding carboxylic acids is 1. The van der Waals surface area contributed by atoms with Crippen LogP contribution in [0.25, 0.3) is 5.65 Å². The minimum atomic E-state index is -1.97. The standard InChI is InChI=1S/C27H31N3O2Si/c1-19-23(17-24(28)31)30-18-20(15-16-25(30)29-19)26(27(2,3)4)32-33(21-11-7-5-8-12-21)22-13-9-6-10-14-22/h5-16,18,26,33H,17H2,1-4H3,(H2,28,31). The van der Waals surface area contributed by atoms with Crippen molar-refractivity contribution in [2.75, 3.05) is 0 Å². The second-order valence-electron chi connectivity index (χ2n) is 9.56. The van der Waals surface area contributed by atoms with Crippen LogP contribution in [-0.4, -0.2) is 24.3 Å². The Morgan fingerprint density at radius 2 is 1.58 bits per heavy atom. The van der Waals surface area contributed by atoms with Crippen molar-refractivity contribution in [2.24, 2.45) is 11.1 Å². The van der Waals surface area contributed by atoms with Gasteiger partial charge in [-0.3, -0.25) is 4.79 Å². The van der Waals surface area contributed by atoms with E-state index in [-0.39, 0.29) is 23.8 Å². The summed E-state index contributed by atoms with van der Waals surface area (Å²) in [6, 6.07) is 25.1. The summed E-state index contributed by atoms with van der Waals surface area (Å²) in [4.78, 5) is 16.3. The second-order valence-corrected chi connectivity index (χ2v) is 11.9. The molecule has 0 aliphatic heterocycles. The van der Waals surface area contributed by atoms with Gasteiger partial charge in [-0.15, -0.1) is 0 Å². The average molecular weight is 458 g/mol. The van der Waals surface area contributed by atoms with E-state index < -0.39 is 9.04 Å². The lowest BCUT2D eigenvalue weighted by atomic mass is 9.85. The molecule has 4 aromatic rings. The normalized spacial score (nSPS) is 12.9. The first-order valence-electron chi connectivity index (χ1n) is 11.2. The lowest BCUT2D eigenvalue weighted by Crippen LogP contribution is -2.47. The fraction of sp³-hybridized carbons (Fsp3) is 0.259. The monoisotopic (exact) mass is 457 g/mol. The maximum Gasteiger partial charge on any atom is 0.240 e. The molecule has 6 heteroatoms. The summed E-state index contributed by atoms with van der Waals surface area (Å²) in [7, 11) is -1.97. The number of nitrogens with zero attached hydrogens (tertiary/aromatic N) is 2. The molecule has 0 spiro atoms. The molecule has 5 nitrogen and oxygen atoms in total. The third-order valence-electron chi connectivity index (χ3n) is 5.85. The van der Waals surface area contributed by atoms with Crippen molar-refractivity contribution < 1.29 is 9.22 Å². The summed E-state index contributed by atoms with van der Waals surface area (Å²) < 4.78 is 9.05. The molecule has 0 bridgehead atoms. The molecule has 4 rings (SSSR count). The molecule has 0 saturated carbocycles. The average Bonchev–Trinajstić information content (AvgIpc) is 3.08. The Bertz CT molecular complexity index is 1210. The maximum atomic E-state index is 11.7. The smallest absolute Gasteiger partial charge is 0.240 e. The van der Waals surface area contributed by atoms with E-state index in [9.17, 15) is 4.79 Å². The van der Waals surface area contributed by atoms with Crippen molar-refractivity contribution in [1.82, 2.24) is 9.38 Å². The predicted molar refractivity (Wildman–Crippen MR) is 135 cm³/mol. The van der Waals surface area contributed by atoms with Crippen molar-refractivity contribution in [3.63, 3.8) is 0 Å². The van der Waals surface area contributed by atoms with Gasteiger partial charge in [-0.2, -0.15) is 0 Å². The molecule has 1 atom stereocenters. The predicted octanol–water partition coefficient (Wildman–Crippen LogP) is 3.31. The molecule has 1 unspecified atom stereocenters. The van der Waals surface area contributed by atoms with Crippen LogP contribution in [0.2, 0.25) is 0 Å². The fourth-order valence-corrected chi connectivity index (χ4v) is 6.96. The minimum absolute atomic E-state index is 0.150. The molecule has 0 aliphatic carbocycles. The largest absolute Gasteiger partial charge is 0.403 e. The quantitative estimate of drug-likeness (QED) is 0.433. The van der Waals surface area contributed by atoms with Crippen molar-refractivity contribution in [3.05, 3.63) is 95.9 Å². The van der Waals surface area contributed by atoms with Crippen LogP contribution in [0, 0.1) is 12.3 Å². The number of carbonyl (C=O) groups is 1. The number of hydrogen-bond donors (Lipinski definition) is 1. The summed E-state index contributed by atoms with van der Waals surface area (Å²) >= 11 is 0. The van der Waals surface area contributed by atoms with Crippen molar-refractivity contribution >= 4 is 31.0 Å². The number of primary amides is 1. The highest BCUT2D eigenvalue weighted by Crippen LogP contribution is 2.37. The van der Waals surface area contributed by atoms with Gasteiger partial charge in [0.2, 0.25) is 14.9 Å². The second kappa shape index (κ2) is 9.33. The molecule has 1 amide bonds. The van der Waals surface area contributed by atoms with Gasteiger partial charge in [0, 0.05) is 6.20 Å². The van der Waals surface area contributed by atoms with Crippen LogP contribution in [-0.2, 0) is 15.6 Å². The molecule has 0 aliphatic rings. The highest BCUT2D eigenvalue weighted by Gasteiger charge is 2.32. The maximum absolute atomic E-state index is 11.7. The van der Waals surface area contributed by atoms with Gasteiger partial charge in [0.15, 0.2) is 0 Å². The van der Waals surface area contributed by atoms with Gasteiger partial charge in [-0.1, -0.05) is 87.5 Å². The van der Waals surface area contributed by atoms with E-state index in [1.165, 1.54) is 10.4 Å². The lowest BCUT2D eigenvalue weighted by molar-refractivity contribution is -0.117. The number of fused-ring (bicyclic) bond motifs is 1. The SMILES string of the molecule is Cc1nc2ccc(C(O[SiH](c3ccccc3)c3ccccc3)C(C)(C)C)cn2c1CC(N)=O. The van der Waals surface area contributed by atoms with E-state index in [1.54, 1.807) is 0 Å². The molecule has 0 saturated heterocycles. The Morgan fingerprint density at radius 1 is 1.00 bits per heavy atom. The first kappa shape index (κ1) is 23.0. The van der Waals surface area contributed by atoms with Gasteiger partial charge in [-0.25, -0.2) is 4.98 Å². The van der Waals surface area contributed by atoms with Crippen molar-refractivity contribution in [3.8, 4) is 0 Å². The number of aromatic nitrogens is 2. The third-order valence-corrected chi connectivity index (χ3v) is 8.37. The summed E-state index contributed by atoms with van der Waals surface area (Å²) in [6.07, 6.45) is 2.07. The first-order valence-corrected chi connectivity index (χ1v) is 12.9. The van der Waals surface area contributed by atoms with Crippen molar-refractivity contribution in [1.29, 1.82) is 0 Å². The molecule has 170 valence electrons. The number of amides is 1. The minimum Gasteiger partial charge on any atom is -0.403 e. The van der Waals surface area contributed by atoms with Gasteiger partial charge in [-0.05, 0) is 34.3 Å². The number of nitrogens with two attached hydrogens (primary N) is 1. The summed E-state index contributed by atoms with van der Waals surface area (Å²) in [6.45, 7) is 8.52. The van der Waals surface area contributed by atoms with Crippen LogP contribution in [0.4, 0.5) is 0 Å². The molecule has 33 heavy (non-hydrogen) atoms. The lowest BCUT2D eigenvalue weighted by Gasteiger charge is -2.35. The molecule has 0 fully saturated rings. The van der Waals surface area contributed by atoms with Crippen LogP contribution in [0.1, 0.15) is 43.8 Å². The molecule has 2 heterocycles. The van der Waals surface area contributed by atoms with E-state index in [0.717, 1.165) is 22.6 Å². The molecule has 0 radical (unpaired) electrons. The van der Waals surface area contributed by atoms with Crippen LogP contribution in [0.15, 0.2) is 79.0 Å². The van der Waals surface area contributed by atoms with E-state index in [2.05, 4.69) is 86.5 Å².